The third-order valence-electron chi connectivity index (χ3n) is 3.96. The zero-order valence-corrected chi connectivity index (χ0v) is 12.0. The SMILES string of the molecule is O=C(O)[C@@H]1CN(C(=O)Cc2c(F)cccc2F)c2ccccc21. The summed E-state index contributed by atoms with van der Waals surface area (Å²) in [5.41, 5.74) is 0.692. The van der Waals surface area contributed by atoms with Crippen molar-refractivity contribution in [3.63, 3.8) is 0 Å². The Morgan fingerprint density at radius 1 is 1.09 bits per heavy atom. The number of aliphatic carboxylic acids is 1. The monoisotopic (exact) mass is 317 g/mol. The van der Waals surface area contributed by atoms with Crippen LogP contribution in [0, 0.1) is 11.6 Å². The normalized spacial score (nSPS) is 16.3. The Morgan fingerprint density at radius 3 is 2.39 bits per heavy atom. The lowest BCUT2D eigenvalue weighted by Crippen LogP contribution is -2.32. The number of carboxylic acid groups (broad SMARTS) is 1. The first kappa shape index (κ1) is 15.1. The number of hydrogen-bond donors (Lipinski definition) is 1. The molecule has 1 atom stereocenters. The number of halogens is 2. The predicted octanol–water partition coefficient (Wildman–Crippen LogP) is 2.72. The van der Waals surface area contributed by atoms with E-state index in [1.165, 1.54) is 11.0 Å². The lowest BCUT2D eigenvalue weighted by Gasteiger charge is -2.18. The van der Waals surface area contributed by atoms with Crippen LogP contribution in [0.3, 0.4) is 0 Å². The molecule has 0 aliphatic carbocycles. The van der Waals surface area contributed by atoms with Crippen molar-refractivity contribution in [1.82, 2.24) is 0 Å². The van der Waals surface area contributed by atoms with E-state index in [-0.39, 0.29) is 12.1 Å². The predicted molar refractivity (Wildman–Crippen MR) is 79.2 cm³/mol. The maximum Gasteiger partial charge on any atom is 0.312 e. The Balaban J connectivity index is 1.91. The highest BCUT2D eigenvalue weighted by molar-refractivity contribution is 5.99. The van der Waals surface area contributed by atoms with Crippen LogP contribution in [0.1, 0.15) is 17.0 Å². The van der Waals surface area contributed by atoms with E-state index in [1.54, 1.807) is 24.3 Å². The first-order chi connectivity index (χ1) is 11.0. The fourth-order valence-electron chi connectivity index (χ4n) is 2.80. The highest BCUT2D eigenvalue weighted by Gasteiger charge is 2.36. The maximum absolute atomic E-state index is 13.7. The molecule has 23 heavy (non-hydrogen) atoms. The van der Waals surface area contributed by atoms with E-state index in [1.807, 2.05) is 0 Å². The first-order valence-electron chi connectivity index (χ1n) is 7.04. The van der Waals surface area contributed by atoms with Gasteiger partial charge >= 0.3 is 5.97 Å². The number of benzene rings is 2. The molecule has 6 heteroatoms. The van der Waals surface area contributed by atoms with Gasteiger partial charge in [-0.15, -0.1) is 0 Å². The van der Waals surface area contributed by atoms with Crippen LogP contribution in [0.2, 0.25) is 0 Å². The standard InChI is InChI=1S/C17H13F2NO3/c18-13-5-3-6-14(19)11(13)8-16(21)20-9-12(17(22)23)10-4-1-2-7-15(10)20/h1-7,12H,8-9H2,(H,22,23)/t12-/m1/s1. The zero-order valence-electron chi connectivity index (χ0n) is 12.0. The Morgan fingerprint density at radius 2 is 1.74 bits per heavy atom. The van der Waals surface area contributed by atoms with E-state index in [0.29, 0.717) is 11.3 Å². The van der Waals surface area contributed by atoms with Crippen LogP contribution in [0.25, 0.3) is 0 Å². The van der Waals surface area contributed by atoms with Gasteiger partial charge in [-0.05, 0) is 23.8 Å². The number of para-hydroxylation sites is 1. The minimum atomic E-state index is -1.04. The van der Waals surface area contributed by atoms with E-state index in [0.717, 1.165) is 12.1 Å². The Kier molecular flexibility index (Phi) is 3.82. The van der Waals surface area contributed by atoms with Crippen molar-refractivity contribution in [2.24, 2.45) is 0 Å². The quantitative estimate of drug-likeness (QED) is 0.947. The number of rotatable bonds is 3. The Bertz CT molecular complexity index is 771. The molecule has 0 saturated carbocycles. The lowest BCUT2D eigenvalue weighted by atomic mass is 10.0. The summed E-state index contributed by atoms with van der Waals surface area (Å²) < 4.78 is 27.4. The minimum absolute atomic E-state index is 0.0381. The van der Waals surface area contributed by atoms with Crippen LogP contribution in [0.5, 0.6) is 0 Å². The van der Waals surface area contributed by atoms with E-state index >= 15 is 0 Å². The lowest BCUT2D eigenvalue weighted by molar-refractivity contribution is -0.138. The second kappa shape index (κ2) is 5.79. The average molecular weight is 317 g/mol. The van der Waals surface area contributed by atoms with Crippen molar-refractivity contribution in [2.45, 2.75) is 12.3 Å². The highest BCUT2D eigenvalue weighted by atomic mass is 19.1. The smallest absolute Gasteiger partial charge is 0.312 e. The third-order valence-corrected chi connectivity index (χ3v) is 3.96. The second-order valence-electron chi connectivity index (χ2n) is 5.33. The number of carbonyl (C=O) groups is 2. The van der Waals surface area contributed by atoms with Gasteiger partial charge < -0.3 is 10.0 Å². The molecule has 1 aliphatic rings. The molecule has 0 spiro atoms. The summed E-state index contributed by atoms with van der Waals surface area (Å²) in [4.78, 5) is 25.1. The first-order valence-corrected chi connectivity index (χ1v) is 7.04. The van der Waals surface area contributed by atoms with Gasteiger partial charge in [0.1, 0.15) is 17.6 Å². The number of anilines is 1. The minimum Gasteiger partial charge on any atom is -0.481 e. The molecule has 2 aromatic rings. The summed E-state index contributed by atoms with van der Waals surface area (Å²) in [7, 11) is 0. The van der Waals surface area contributed by atoms with Crippen LogP contribution in [0.4, 0.5) is 14.5 Å². The fraction of sp³-hybridized carbons (Fsp3) is 0.176. The van der Waals surface area contributed by atoms with Gasteiger partial charge in [0.15, 0.2) is 0 Å². The average Bonchev–Trinajstić information content (AvgIpc) is 2.91. The van der Waals surface area contributed by atoms with Crippen molar-refractivity contribution < 1.29 is 23.5 Å². The summed E-state index contributed by atoms with van der Waals surface area (Å²) in [5, 5.41) is 9.28. The van der Waals surface area contributed by atoms with Gasteiger partial charge in [-0.1, -0.05) is 24.3 Å². The summed E-state index contributed by atoms with van der Waals surface area (Å²) in [6.07, 6.45) is -0.459. The number of hydrogen-bond acceptors (Lipinski definition) is 2. The fourth-order valence-corrected chi connectivity index (χ4v) is 2.80. The summed E-state index contributed by atoms with van der Waals surface area (Å²) in [6.45, 7) is -0.0381. The van der Waals surface area contributed by atoms with E-state index in [9.17, 15) is 23.5 Å². The van der Waals surface area contributed by atoms with Crippen molar-refractivity contribution in [3.05, 3.63) is 65.2 Å². The summed E-state index contributed by atoms with van der Waals surface area (Å²) in [6, 6.07) is 10.1. The highest BCUT2D eigenvalue weighted by Crippen LogP contribution is 2.36. The molecule has 118 valence electrons. The topological polar surface area (TPSA) is 57.6 Å². The molecule has 1 aliphatic heterocycles. The summed E-state index contributed by atoms with van der Waals surface area (Å²) >= 11 is 0. The molecule has 3 rings (SSSR count). The molecule has 0 bridgehead atoms. The van der Waals surface area contributed by atoms with Gasteiger partial charge in [-0.3, -0.25) is 9.59 Å². The largest absolute Gasteiger partial charge is 0.481 e. The molecule has 1 heterocycles. The van der Waals surface area contributed by atoms with Crippen molar-refractivity contribution in [3.8, 4) is 0 Å². The molecule has 2 aromatic carbocycles. The van der Waals surface area contributed by atoms with Crippen LogP contribution in [-0.4, -0.2) is 23.5 Å². The van der Waals surface area contributed by atoms with Crippen LogP contribution >= 0.6 is 0 Å². The van der Waals surface area contributed by atoms with Gasteiger partial charge in [-0.2, -0.15) is 0 Å². The molecule has 1 amide bonds. The summed E-state index contributed by atoms with van der Waals surface area (Å²) in [5.74, 6) is -3.99. The van der Waals surface area contributed by atoms with Gasteiger partial charge in [0.05, 0.1) is 6.42 Å². The van der Waals surface area contributed by atoms with Crippen LogP contribution in [-0.2, 0) is 16.0 Å². The molecular formula is C17H13F2NO3. The number of carbonyl (C=O) groups excluding carboxylic acids is 1. The third kappa shape index (κ3) is 2.67. The molecule has 0 saturated heterocycles. The molecule has 0 radical (unpaired) electrons. The maximum atomic E-state index is 13.7. The Hall–Kier alpha value is -2.76. The van der Waals surface area contributed by atoms with Crippen LogP contribution in [0.15, 0.2) is 42.5 Å². The second-order valence-corrected chi connectivity index (χ2v) is 5.33. The van der Waals surface area contributed by atoms with E-state index in [2.05, 4.69) is 0 Å². The van der Waals surface area contributed by atoms with Crippen molar-refractivity contribution >= 4 is 17.6 Å². The molecular weight excluding hydrogens is 304 g/mol. The van der Waals surface area contributed by atoms with Gasteiger partial charge in [-0.25, -0.2) is 8.78 Å². The van der Waals surface area contributed by atoms with E-state index in [4.69, 9.17) is 0 Å². The van der Waals surface area contributed by atoms with Gasteiger partial charge in [0, 0.05) is 17.8 Å². The van der Waals surface area contributed by atoms with Crippen molar-refractivity contribution in [1.29, 1.82) is 0 Å². The van der Waals surface area contributed by atoms with Gasteiger partial charge in [0.2, 0.25) is 5.91 Å². The molecule has 4 nitrogen and oxygen atoms in total. The molecule has 1 N–H and O–H groups in total. The van der Waals surface area contributed by atoms with Crippen molar-refractivity contribution in [2.75, 3.05) is 11.4 Å². The number of fused-ring (bicyclic) bond motifs is 1. The molecule has 0 fully saturated rings. The molecule has 0 aromatic heterocycles. The number of carboxylic acids is 1. The van der Waals surface area contributed by atoms with Gasteiger partial charge in [0.25, 0.3) is 0 Å². The van der Waals surface area contributed by atoms with E-state index < -0.39 is 35.8 Å². The van der Waals surface area contributed by atoms with Crippen LogP contribution < -0.4 is 4.90 Å². The zero-order chi connectivity index (χ0) is 16.6. The number of amides is 1. The number of nitrogens with zero attached hydrogens (tertiary/aromatic N) is 1. The Labute approximate surface area is 131 Å². The molecule has 0 unspecified atom stereocenters.